The molecular formula is C60H58N2O4. The fourth-order valence-corrected chi connectivity index (χ4v) is 12.0. The summed E-state index contributed by atoms with van der Waals surface area (Å²) in [6, 6.07) is 38.4. The van der Waals surface area contributed by atoms with E-state index in [2.05, 4.69) is 150 Å². The molecule has 6 heteroatoms. The number of nitrogens with zero attached hydrogens (tertiary/aromatic N) is 2. The Kier molecular flexibility index (Phi) is 8.75. The molecule has 0 radical (unpaired) electrons. The maximum atomic E-state index is 14.0. The highest BCUT2D eigenvalue weighted by Gasteiger charge is 2.43. The number of anilines is 2. The van der Waals surface area contributed by atoms with Crippen molar-refractivity contribution in [1.29, 1.82) is 0 Å². The van der Waals surface area contributed by atoms with Crippen LogP contribution in [0.5, 0.6) is 0 Å². The monoisotopic (exact) mass is 870 g/mol. The van der Waals surface area contributed by atoms with Crippen LogP contribution in [-0.2, 0) is 21.7 Å². The SMILES string of the molecule is CC1(C)CCN2CCC(C)(C)c3c2c1cc1cc(-c2ccc(-c4ccc5ccc(-c6cccc(-c7cc8cc9c%10c(c8oc7=O)C(C)(C)CCN%10CCC9(C)C)c6)cc5c4)cc2)c(=O)oc31. The number of hydrogen-bond acceptors (Lipinski definition) is 6. The van der Waals surface area contributed by atoms with Gasteiger partial charge >= 0.3 is 11.3 Å². The zero-order valence-corrected chi connectivity index (χ0v) is 39.6. The minimum absolute atomic E-state index is 0.0300. The van der Waals surface area contributed by atoms with Crippen LogP contribution < -0.4 is 21.1 Å². The van der Waals surface area contributed by atoms with Crippen molar-refractivity contribution in [1.82, 2.24) is 0 Å². The Labute approximate surface area is 386 Å². The van der Waals surface area contributed by atoms with Crippen molar-refractivity contribution in [2.24, 2.45) is 0 Å². The van der Waals surface area contributed by atoms with E-state index in [0.29, 0.717) is 11.1 Å². The first-order valence-corrected chi connectivity index (χ1v) is 24.0. The minimum atomic E-state index is -0.304. The smallest absolute Gasteiger partial charge is 0.344 e. The van der Waals surface area contributed by atoms with Gasteiger partial charge in [-0.2, -0.15) is 0 Å². The lowest BCUT2D eigenvalue weighted by molar-refractivity contribution is 0.398. The highest BCUT2D eigenvalue weighted by Crippen LogP contribution is 2.53. The molecule has 0 atom stereocenters. The van der Waals surface area contributed by atoms with Gasteiger partial charge in [0.2, 0.25) is 0 Å². The van der Waals surface area contributed by atoms with E-state index in [9.17, 15) is 9.59 Å². The molecule has 0 amide bonds. The predicted octanol–water partition coefficient (Wildman–Crippen LogP) is 14.1. The fraction of sp³-hybridized carbons (Fsp3) is 0.333. The van der Waals surface area contributed by atoms with Gasteiger partial charge in [0.25, 0.3) is 0 Å². The van der Waals surface area contributed by atoms with Crippen molar-refractivity contribution >= 4 is 44.1 Å². The van der Waals surface area contributed by atoms with Gasteiger partial charge in [-0.3, -0.25) is 0 Å². The molecule has 2 aromatic heterocycles. The Morgan fingerprint density at radius 1 is 0.394 bits per heavy atom. The summed E-state index contributed by atoms with van der Waals surface area (Å²) in [6.45, 7) is 22.7. The van der Waals surface area contributed by atoms with Crippen molar-refractivity contribution in [3.05, 3.63) is 152 Å². The molecule has 0 spiro atoms. The lowest BCUT2D eigenvalue weighted by Gasteiger charge is -2.48. The minimum Gasteiger partial charge on any atom is -0.422 e. The molecule has 6 heterocycles. The molecule has 0 bridgehead atoms. The van der Waals surface area contributed by atoms with Gasteiger partial charge in [-0.1, -0.05) is 122 Å². The van der Waals surface area contributed by atoms with E-state index in [0.717, 1.165) is 118 Å². The lowest BCUT2D eigenvalue weighted by atomic mass is 9.69. The largest absolute Gasteiger partial charge is 0.422 e. The third-order valence-electron chi connectivity index (χ3n) is 16.3. The summed E-state index contributed by atoms with van der Waals surface area (Å²) in [5.41, 5.74) is 15.5. The van der Waals surface area contributed by atoms with E-state index in [4.69, 9.17) is 8.83 Å². The molecule has 12 rings (SSSR count). The average Bonchev–Trinajstić information content (AvgIpc) is 3.29. The Morgan fingerprint density at radius 3 is 1.32 bits per heavy atom. The van der Waals surface area contributed by atoms with E-state index >= 15 is 0 Å². The Morgan fingerprint density at radius 2 is 0.803 bits per heavy atom. The number of benzene rings is 6. The van der Waals surface area contributed by atoms with Gasteiger partial charge in [-0.25, -0.2) is 9.59 Å². The highest BCUT2D eigenvalue weighted by atomic mass is 16.4. The van der Waals surface area contributed by atoms with Crippen LogP contribution in [0.3, 0.4) is 0 Å². The van der Waals surface area contributed by atoms with Crippen molar-refractivity contribution < 1.29 is 8.83 Å². The molecule has 0 unspecified atom stereocenters. The van der Waals surface area contributed by atoms with Gasteiger partial charge in [0.05, 0.1) is 11.1 Å². The summed E-state index contributed by atoms with van der Waals surface area (Å²) >= 11 is 0. The van der Waals surface area contributed by atoms with Gasteiger partial charge in [-0.05, 0) is 145 Å². The topological polar surface area (TPSA) is 66.9 Å². The van der Waals surface area contributed by atoms with E-state index in [-0.39, 0.29) is 32.9 Å². The lowest BCUT2D eigenvalue weighted by Crippen LogP contribution is -2.44. The normalized spacial score (nSPS) is 18.7. The van der Waals surface area contributed by atoms with Crippen LogP contribution in [0.1, 0.15) is 103 Å². The predicted molar refractivity (Wildman–Crippen MR) is 273 cm³/mol. The van der Waals surface area contributed by atoms with Gasteiger partial charge in [0.15, 0.2) is 0 Å². The Bertz CT molecular complexity index is 3490. The second-order valence-corrected chi connectivity index (χ2v) is 22.5. The second-order valence-electron chi connectivity index (χ2n) is 22.5. The highest BCUT2D eigenvalue weighted by molar-refractivity contribution is 5.95. The molecule has 4 aliphatic heterocycles. The first kappa shape index (κ1) is 41.1. The first-order valence-electron chi connectivity index (χ1n) is 24.0. The number of hydrogen-bond donors (Lipinski definition) is 0. The van der Waals surface area contributed by atoms with Gasteiger partial charge in [0.1, 0.15) is 11.2 Å². The molecule has 8 aromatic rings. The van der Waals surface area contributed by atoms with Crippen LogP contribution in [0.4, 0.5) is 11.4 Å². The zero-order valence-electron chi connectivity index (χ0n) is 39.6. The molecule has 6 aromatic carbocycles. The molecule has 332 valence electrons. The van der Waals surface area contributed by atoms with Crippen molar-refractivity contribution in [2.75, 3.05) is 36.0 Å². The van der Waals surface area contributed by atoms with E-state index < -0.39 is 0 Å². The molecule has 0 saturated heterocycles. The molecular weight excluding hydrogens is 813 g/mol. The molecule has 4 aliphatic rings. The summed E-state index contributed by atoms with van der Waals surface area (Å²) in [6.07, 6.45) is 4.25. The Balaban J connectivity index is 0.873. The fourth-order valence-electron chi connectivity index (χ4n) is 12.0. The second kappa shape index (κ2) is 14.1. The van der Waals surface area contributed by atoms with Crippen LogP contribution in [0.15, 0.2) is 128 Å². The number of fused-ring (bicyclic) bond motifs is 5. The van der Waals surface area contributed by atoms with Crippen LogP contribution in [0, 0.1) is 0 Å². The third kappa shape index (κ3) is 6.27. The van der Waals surface area contributed by atoms with Crippen LogP contribution in [0.2, 0.25) is 0 Å². The van der Waals surface area contributed by atoms with Gasteiger partial charge in [-0.15, -0.1) is 0 Å². The quantitative estimate of drug-likeness (QED) is 0.164. The van der Waals surface area contributed by atoms with Crippen molar-refractivity contribution in [3.63, 3.8) is 0 Å². The van der Waals surface area contributed by atoms with E-state index in [1.54, 1.807) is 0 Å². The zero-order chi connectivity index (χ0) is 45.7. The molecule has 0 fully saturated rings. The first-order chi connectivity index (χ1) is 31.5. The molecule has 66 heavy (non-hydrogen) atoms. The summed E-state index contributed by atoms with van der Waals surface area (Å²) in [4.78, 5) is 32.9. The molecule has 0 aliphatic carbocycles. The standard InChI is InChI=1S/C60H58N2O4/c1-57(2)20-24-61-26-22-59(5,6)49-51(61)47(57)33-43-31-45(55(63)65-53(43)49)37-16-12-35(13-17-37)39-18-14-36-15-19-40(30-42(36)29-39)38-10-9-11-41(28-38)46-32-44-34-48-52-50(54(44)66-56(46)64)60(7,8)23-27-62(52)25-21-58(48,3)4/h9-19,28-34H,20-27H2,1-8H3. The maximum absolute atomic E-state index is 14.0. The van der Waals surface area contributed by atoms with Crippen LogP contribution in [0.25, 0.3) is 77.2 Å². The van der Waals surface area contributed by atoms with Gasteiger partial charge in [0, 0.05) is 59.5 Å². The molecule has 6 nitrogen and oxygen atoms in total. The van der Waals surface area contributed by atoms with Crippen LogP contribution >= 0.6 is 0 Å². The Hall–Kier alpha value is -6.40. The summed E-state index contributed by atoms with van der Waals surface area (Å²) in [7, 11) is 0. The summed E-state index contributed by atoms with van der Waals surface area (Å²) in [5, 5.41) is 4.26. The number of rotatable bonds is 4. The van der Waals surface area contributed by atoms with Crippen molar-refractivity contribution in [2.45, 2.75) is 103 Å². The average molecular weight is 871 g/mol. The maximum Gasteiger partial charge on any atom is 0.344 e. The summed E-state index contributed by atoms with van der Waals surface area (Å²) in [5.74, 6) is 0. The summed E-state index contributed by atoms with van der Waals surface area (Å²) < 4.78 is 12.7. The molecule has 0 saturated carbocycles. The van der Waals surface area contributed by atoms with E-state index in [1.807, 2.05) is 24.3 Å². The third-order valence-corrected chi connectivity index (χ3v) is 16.3. The van der Waals surface area contributed by atoms with E-state index in [1.165, 1.54) is 33.6 Å². The van der Waals surface area contributed by atoms with Crippen LogP contribution in [-0.4, -0.2) is 26.2 Å². The molecule has 0 N–H and O–H groups in total. The van der Waals surface area contributed by atoms with Crippen molar-refractivity contribution in [3.8, 4) is 44.5 Å². The van der Waals surface area contributed by atoms with Gasteiger partial charge < -0.3 is 18.6 Å².